The van der Waals surface area contributed by atoms with E-state index in [2.05, 4.69) is 16.9 Å². The van der Waals surface area contributed by atoms with Crippen LogP contribution in [0.4, 0.5) is 0 Å². The number of aromatic amines is 1. The van der Waals surface area contributed by atoms with Gasteiger partial charge in [-0.15, -0.1) is 0 Å². The zero-order chi connectivity index (χ0) is 22.2. The Balaban J connectivity index is 1.78. The Labute approximate surface area is 185 Å². The third-order valence-electron chi connectivity index (χ3n) is 5.03. The first-order valence-electron chi connectivity index (χ1n) is 10.7. The number of hydrogen-bond acceptors (Lipinski definition) is 6. The predicted octanol–water partition coefficient (Wildman–Crippen LogP) is 2.93. The summed E-state index contributed by atoms with van der Waals surface area (Å²) in [6.07, 6.45) is 4.98. The number of aromatic nitrogens is 4. The summed E-state index contributed by atoms with van der Waals surface area (Å²) in [6.45, 7) is 2.41. The molecule has 0 saturated carbocycles. The maximum atomic E-state index is 12.5. The van der Waals surface area contributed by atoms with Gasteiger partial charge in [-0.1, -0.05) is 62.6 Å². The van der Waals surface area contributed by atoms with Gasteiger partial charge in [-0.25, -0.2) is 9.78 Å². The van der Waals surface area contributed by atoms with Crippen LogP contribution >= 0.6 is 11.8 Å². The number of thioether (sulfide) groups is 1. The molecule has 0 aliphatic carbocycles. The summed E-state index contributed by atoms with van der Waals surface area (Å²) in [5.74, 6) is 1.52. The van der Waals surface area contributed by atoms with E-state index in [-0.39, 0.29) is 18.7 Å². The third-order valence-corrected chi connectivity index (χ3v) is 6.09. The summed E-state index contributed by atoms with van der Waals surface area (Å²) < 4.78 is 8.67. The maximum absolute atomic E-state index is 12.5. The molecular weight excluding hydrogens is 416 g/mol. The molecule has 0 bridgehead atoms. The summed E-state index contributed by atoms with van der Waals surface area (Å²) in [5.41, 5.74) is -0.407. The van der Waals surface area contributed by atoms with Crippen molar-refractivity contribution in [1.82, 2.24) is 19.1 Å². The highest BCUT2D eigenvalue weighted by molar-refractivity contribution is 7.99. The second kappa shape index (κ2) is 11.2. The first-order chi connectivity index (χ1) is 15.0. The van der Waals surface area contributed by atoms with Crippen molar-refractivity contribution in [2.45, 2.75) is 56.8 Å². The summed E-state index contributed by atoms with van der Waals surface area (Å²) in [5, 5.41) is 11.2. The van der Waals surface area contributed by atoms with Crippen LogP contribution in [0.25, 0.3) is 11.2 Å². The average Bonchev–Trinajstić information content (AvgIpc) is 3.12. The number of ether oxygens (including phenoxy) is 1. The van der Waals surface area contributed by atoms with Gasteiger partial charge in [0.05, 0.1) is 6.54 Å². The van der Waals surface area contributed by atoms with Crippen molar-refractivity contribution in [2.24, 2.45) is 7.05 Å². The lowest BCUT2D eigenvalue weighted by molar-refractivity contribution is 0.0914. The van der Waals surface area contributed by atoms with Crippen molar-refractivity contribution < 1.29 is 9.84 Å². The van der Waals surface area contributed by atoms with Crippen molar-refractivity contribution in [3.8, 4) is 5.75 Å². The van der Waals surface area contributed by atoms with Crippen LogP contribution in [0.5, 0.6) is 5.75 Å². The minimum Gasteiger partial charge on any atom is -0.491 e. The number of fused-ring (bicyclic) bond motifs is 1. The Morgan fingerprint density at radius 3 is 2.65 bits per heavy atom. The molecule has 3 aromatic rings. The Hall–Kier alpha value is -2.52. The minimum absolute atomic E-state index is 0.0779. The van der Waals surface area contributed by atoms with Gasteiger partial charge in [0.1, 0.15) is 18.5 Å². The Kier molecular flexibility index (Phi) is 8.36. The van der Waals surface area contributed by atoms with Gasteiger partial charge in [0, 0.05) is 12.8 Å². The predicted molar refractivity (Wildman–Crippen MR) is 123 cm³/mol. The molecule has 0 amide bonds. The van der Waals surface area contributed by atoms with Gasteiger partial charge in [0.15, 0.2) is 16.3 Å². The van der Waals surface area contributed by atoms with Crippen LogP contribution in [0, 0.1) is 0 Å². The second-order valence-electron chi connectivity index (χ2n) is 7.54. The number of benzene rings is 1. The zero-order valence-corrected chi connectivity index (χ0v) is 18.9. The lowest BCUT2D eigenvalue weighted by atomic mass is 10.2. The van der Waals surface area contributed by atoms with Gasteiger partial charge >= 0.3 is 5.69 Å². The molecular formula is C22H30N4O4S. The van der Waals surface area contributed by atoms with Gasteiger partial charge in [-0.05, 0) is 18.6 Å². The normalized spacial score (nSPS) is 12.4. The fourth-order valence-electron chi connectivity index (χ4n) is 3.34. The van der Waals surface area contributed by atoms with Crippen LogP contribution in [-0.2, 0) is 13.6 Å². The molecule has 2 heterocycles. The van der Waals surface area contributed by atoms with Gasteiger partial charge in [-0.2, -0.15) is 0 Å². The summed E-state index contributed by atoms with van der Waals surface area (Å²) in [6, 6.07) is 9.25. The molecule has 1 aromatic carbocycles. The molecule has 2 N–H and O–H groups in total. The number of rotatable bonds is 12. The molecule has 9 heteroatoms. The molecule has 0 fully saturated rings. The molecule has 8 nitrogen and oxygen atoms in total. The lowest BCUT2D eigenvalue weighted by Crippen LogP contribution is -2.30. The quantitative estimate of drug-likeness (QED) is 0.328. The molecule has 0 unspecified atom stereocenters. The highest BCUT2D eigenvalue weighted by atomic mass is 32.2. The van der Waals surface area contributed by atoms with Gasteiger partial charge < -0.3 is 14.4 Å². The number of hydrogen-bond donors (Lipinski definition) is 2. The average molecular weight is 447 g/mol. The minimum atomic E-state index is -0.849. The first kappa shape index (κ1) is 23.1. The highest BCUT2D eigenvalue weighted by Crippen LogP contribution is 2.23. The summed E-state index contributed by atoms with van der Waals surface area (Å²) >= 11 is 1.54. The summed E-state index contributed by atoms with van der Waals surface area (Å²) in [7, 11) is 1.58. The van der Waals surface area contributed by atoms with Gasteiger partial charge in [0.2, 0.25) is 0 Å². The number of aliphatic hydroxyl groups is 1. The zero-order valence-electron chi connectivity index (χ0n) is 18.0. The number of unbranched alkanes of at least 4 members (excludes halogenated alkanes) is 4. The lowest BCUT2D eigenvalue weighted by Gasteiger charge is -2.15. The molecule has 3 rings (SSSR count). The SMILES string of the molecule is CCCCCCCSc1nc2c(c(=O)[nH]c(=O)n2C)n1C[C@H](O)COc1ccccc1. The number of H-pyrrole nitrogens is 1. The number of para-hydroxylation sites is 1. The van der Waals surface area contributed by atoms with Crippen molar-refractivity contribution >= 4 is 22.9 Å². The highest BCUT2D eigenvalue weighted by Gasteiger charge is 2.20. The van der Waals surface area contributed by atoms with Gasteiger partial charge in [-0.3, -0.25) is 14.3 Å². The van der Waals surface area contributed by atoms with E-state index in [1.54, 1.807) is 23.4 Å². The Morgan fingerprint density at radius 1 is 1.16 bits per heavy atom. The van der Waals surface area contributed by atoms with Crippen LogP contribution in [0.15, 0.2) is 45.1 Å². The van der Waals surface area contributed by atoms with Crippen LogP contribution in [0.2, 0.25) is 0 Å². The van der Waals surface area contributed by atoms with Crippen molar-refractivity contribution in [3.05, 3.63) is 51.2 Å². The second-order valence-corrected chi connectivity index (χ2v) is 8.60. The number of aliphatic hydroxyl groups excluding tert-OH is 1. The van der Waals surface area contributed by atoms with E-state index in [1.165, 1.54) is 23.8 Å². The fourth-order valence-corrected chi connectivity index (χ4v) is 4.34. The van der Waals surface area contributed by atoms with Crippen LogP contribution in [0.1, 0.15) is 39.0 Å². The molecule has 31 heavy (non-hydrogen) atoms. The Morgan fingerprint density at radius 2 is 1.90 bits per heavy atom. The van der Waals surface area contributed by atoms with E-state index in [4.69, 9.17) is 4.74 Å². The van der Waals surface area contributed by atoms with E-state index in [0.717, 1.165) is 18.6 Å². The third kappa shape index (κ3) is 6.01. The molecule has 1 atom stereocenters. The van der Waals surface area contributed by atoms with Crippen LogP contribution < -0.4 is 16.0 Å². The van der Waals surface area contributed by atoms with E-state index in [9.17, 15) is 14.7 Å². The molecule has 0 aliphatic rings. The smallest absolute Gasteiger partial charge is 0.329 e. The number of nitrogens with zero attached hydrogens (tertiary/aromatic N) is 3. The molecule has 0 aliphatic heterocycles. The number of nitrogens with one attached hydrogen (secondary N) is 1. The van der Waals surface area contributed by atoms with Crippen molar-refractivity contribution in [3.63, 3.8) is 0 Å². The van der Waals surface area contributed by atoms with E-state index in [1.807, 2.05) is 30.3 Å². The van der Waals surface area contributed by atoms with Crippen LogP contribution in [0.3, 0.4) is 0 Å². The number of aryl methyl sites for hydroxylation is 1. The van der Waals surface area contributed by atoms with Crippen molar-refractivity contribution in [1.29, 1.82) is 0 Å². The summed E-state index contributed by atoms with van der Waals surface area (Å²) in [4.78, 5) is 31.4. The largest absolute Gasteiger partial charge is 0.491 e. The molecule has 0 saturated heterocycles. The first-order valence-corrected chi connectivity index (χ1v) is 11.7. The topological polar surface area (TPSA) is 102 Å². The van der Waals surface area contributed by atoms with E-state index < -0.39 is 17.4 Å². The van der Waals surface area contributed by atoms with E-state index >= 15 is 0 Å². The van der Waals surface area contributed by atoms with Crippen LogP contribution in [-0.4, -0.2) is 42.7 Å². The number of imidazole rings is 1. The van der Waals surface area contributed by atoms with E-state index in [0.29, 0.717) is 16.6 Å². The fraction of sp³-hybridized carbons (Fsp3) is 0.500. The maximum Gasteiger partial charge on any atom is 0.329 e. The molecule has 2 aromatic heterocycles. The van der Waals surface area contributed by atoms with Crippen molar-refractivity contribution in [2.75, 3.05) is 12.4 Å². The Bertz CT molecular complexity index is 1090. The van der Waals surface area contributed by atoms with Gasteiger partial charge in [0.25, 0.3) is 5.56 Å². The molecule has 0 radical (unpaired) electrons. The monoisotopic (exact) mass is 446 g/mol. The standard InChI is InChI=1S/C22H30N4O4S/c1-3-4-5-6-10-13-31-22-23-19-18(20(28)24-21(29)25(19)2)26(22)14-16(27)15-30-17-11-8-7-9-12-17/h7-9,11-12,16,27H,3-6,10,13-15H2,1-2H3,(H,24,28,29)/t16-/m0/s1. The molecule has 0 spiro atoms. The molecule has 168 valence electrons.